The fourth-order valence-corrected chi connectivity index (χ4v) is 3.13. The summed E-state index contributed by atoms with van der Waals surface area (Å²) in [7, 11) is 0. The topological polar surface area (TPSA) is 29.3 Å². The fourth-order valence-electron chi connectivity index (χ4n) is 2.38. The Morgan fingerprint density at radius 3 is 2.81 bits per heavy atom. The van der Waals surface area contributed by atoms with E-state index in [1.165, 1.54) is 50.2 Å². The first-order valence-corrected chi connectivity index (χ1v) is 7.21. The average Bonchev–Trinajstić information content (AvgIpc) is 2.83. The second-order valence-electron chi connectivity index (χ2n) is 4.70. The van der Waals surface area contributed by atoms with Crippen LogP contribution >= 0.6 is 11.3 Å². The van der Waals surface area contributed by atoms with Gasteiger partial charge in [0, 0.05) is 4.88 Å². The molecule has 1 aromatic heterocycles. The van der Waals surface area contributed by atoms with E-state index in [1.54, 1.807) is 0 Å². The lowest BCUT2D eigenvalue weighted by molar-refractivity contribution is 0.186. The molecular weight excluding hydrogens is 216 g/mol. The van der Waals surface area contributed by atoms with Gasteiger partial charge in [0.25, 0.3) is 0 Å². The summed E-state index contributed by atoms with van der Waals surface area (Å²) in [5, 5.41) is 2.17. The van der Waals surface area contributed by atoms with Crippen LogP contribution in [0.15, 0.2) is 17.5 Å². The zero-order chi connectivity index (χ0) is 11.2. The Labute approximate surface area is 102 Å². The maximum absolute atomic E-state index is 5.70. The van der Waals surface area contributed by atoms with Gasteiger partial charge in [0.1, 0.15) is 0 Å². The Balaban J connectivity index is 1.60. The van der Waals surface area contributed by atoms with Crippen LogP contribution in [-0.2, 0) is 6.42 Å². The summed E-state index contributed by atoms with van der Waals surface area (Å²) in [4.78, 5) is 4.12. The Kier molecular flexibility index (Phi) is 4.82. The van der Waals surface area contributed by atoms with Crippen LogP contribution in [0, 0.1) is 5.92 Å². The van der Waals surface area contributed by atoms with Crippen molar-refractivity contribution in [1.29, 1.82) is 0 Å². The van der Waals surface area contributed by atoms with E-state index in [2.05, 4.69) is 22.4 Å². The maximum Gasteiger partial charge on any atom is 0.00457 e. The monoisotopic (exact) mass is 238 g/mol. The van der Waals surface area contributed by atoms with Crippen LogP contribution in [-0.4, -0.2) is 31.1 Å². The summed E-state index contributed by atoms with van der Waals surface area (Å²) in [5.41, 5.74) is 5.70. The maximum atomic E-state index is 5.70. The minimum Gasteiger partial charge on any atom is -0.330 e. The number of rotatable bonds is 5. The molecule has 16 heavy (non-hydrogen) atoms. The van der Waals surface area contributed by atoms with Gasteiger partial charge in [-0.25, -0.2) is 0 Å². The van der Waals surface area contributed by atoms with Gasteiger partial charge in [-0.3, -0.25) is 0 Å². The highest BCUT2D eigenvalue weighted by Gasteiger charge is 2.17. The number of thiophene rings is 1. The molecule has 2 N–H and O–H groups in total. The molecule has 0 atom stereocenters. The second kappa shape index (κ2) is 6.38. The van der Waals surface area contributed by atoms with Gasteiger partial charge in [-0.05, 0) is 69.2 Å². The van der Waals surface area contributed by atoms with E-state index in [9.17, 15) is 0 Å². The van der Waals surface area contributed by atoms with Crippen LogP contribution in [0.5, 0.6) is 0 Å². The molecule has 2 heterocycles. The van der Waals surface area contributed by atoms with Gasteiger partial charge in [-0.15, -0.1) is 11.3 Å². The van der Waals surface area contributed by atoms with E-state index in [-0.39, 0.29) is 0 Å². The number of piperidine rings is 1. The van der Waals surface area contributed by atoms with Gasteiger partial charge in [-0.2, -0.15) is 0 Å². The van der Waals surface area contributed by atoms with Gasteiger partial charge >= 0.3 is 0 Å². The first kappa shape index (κ1) is 12.1. The molecule has 0 bridgehead atoms. The first-order chi connectivity index (χ1) is 7.88. The van der Waals surface area contributed by atoms with Crippen molar-refractivity contribution in [2.75, 3.05) is 26.2 Å². The van der Waals surface area contributed by atoms with Crippen LogP contribution in [0.4, 0.5) is 0 Å². The molecule has 90 valence electrons. The van der Waals surface area contributed by atoms with Gasteiger partial charge in [0.05, 0.1) is 0 Å². The molecule has 1 saturated heterocycles. The second-order valence-corrected chi connectivity index (χ2v) is 5.74. The number of nitrogens with zero attached hydrogens (tertiary/aromatic N) is 1. The smallest absolute Gasteiger partial charge is 0.00457 e. The molecule has 0 amide bonds. The SMILES string of the molecule is NCC1CCN(CCCc2cccs2)CC1. The molecule has 2 nitrogen and oxygen atoms in total. The summed E-state index contributed by atoms with van der Waals surface area (Å²) in [6, 6.07) is 4.39. The lowest BCUT2D eigenvalue weighted by Gasteiger charge is -2.31. The molecule has 0 saturated carbocycles. The number of hydrogen-bond donors (Lipinski definition) is 1. The van der Waals surface area contributed by atoms with Gasteiger partial charge < -0.3 is 10.6 Å². The lowest BCUT2D eigenvalue weighted by Crippen LogP contribution is -2.36. The highest BCUT2D eigenvalue weighted by Crippen LogP contribution is 2.17. The van der Waals surface area contributed by atoms with Crippen molar-refractivity contribution in [1.82, 2.24) is 4.90 Å². The summed E-state index contributed by atoms with van der Waals surface area (Å²) in [6.45, 7) is 4.65. The Morgan fingerprint density at radius 1 is 1.38 bits per heavy atom. The quantitative estimate of drug-likeness (QED) is 0.853. The van der Waals surface area contributed by atoms with Gasteiger partial charge in [0.15, 0.2) is 0 Å². The zero-order valence-electron chi connectivity index (χ0n) is 9.90. The number of aryl methyl sites for hydroxylation is 1. The summed E-state index contributed by atoms with van der Waals surface area (Å²) >= 11 is 1.88. The summed E-state index contributed by atoms with van der Waals surface area (Å²) in [5.74, 6) is 0.786. The predicted octanol–water partition coefficient (Wildman–Crippen LogP) is 2.35. The molecule has 0 aliphatic carbocycles. The minimum absolute atomic E-state index is 0.786. The van der Waals surface area contributed by atoms with Crippen molar-refractivity contribution in [2.24, 2.45) is 11.7 Å². The average molecular weight is 238 g/mol. The van der Waals surface area contributed by atoms with Crippen LogP contribution in [0.2, 0.25) is 0 Å². The highest BCUT2D eigenvalue weighted by molar-refractivity contribution is 7.09. The van der Waals surface area contributed by atoms with Crippen molar-refractivity contribution < 1.29 is 0 Å². The molecule has 2 rings (SSSR count). The van der Waals surface area contributed by atoms with Crippen LogP contribution in [0.25, 0.3) is 0 Å². The third-order valence-corrected chi connectivity index (χ3v) is 4.45. The Bertz CT molecular complexity index is 276. The largest absolute Gasteiger partial charge is 0.330 e. The molecule has 0 unspecified atom stereocenters. The van der Waals surface area contributed by atoms with Gasteiger partial charge in [-0.1, -0.05) is 6.07 Å². The van der Waals surface area contributed by atoms with E-state index >= 15 is 0 Å². The van der Waals surface area contributed by atoms with E-state index < -0.39 is 0 Å². The molecule has 0 spiro atoms. The summed E-state index contributed by atoms with van der Waals surface area (Å²) in [6.07, 6.45) is 5.15. The molecule has 1 fully saturated rings. The van der Waals surface area contributed by atoms with Crippen molar-refractivity contribution in [3.63, 3.8) is 0 Å². The molecule has 3 heteroatoms. The third kappa shape index (κ3) is 3.58. The van der Waals surface area contributed by atoms with Crippen molar-refractivity contribution in [3.8, 4) is 0 Å². The fraction of sp³-hybridized carbons (Fsp3) is 0.692. The van der Waals surface area contributed by atoms with Crippen LogP contribution < -0.4 is 5.73 Å². The van der Waals surface area contributed by atoms with Gasteiger partial charge in [0.2, 0.25) is 0 Å². The molecule has 0 radical (unpaired) electrons. The lowest BCUT2D eigenvalue weighted by atomic mass is 9.97. The molecule has 1 aliphatic heterocycles. The minimum atomic E-state index is 0.786. The number of nitrogens with two attached hydrogens (primary N) is 1. The molecule has 0 aromatic carbocycles. The van der Waals surface area contributed by atoms with Crippen molar-refractivity contribution >= 4 is 11.3 Å². The van der Waals surface area contributed by atoms with Crippen molar-refractivity contribution in [2.45, 2.75) is 25.7 Å². The highest BCUT2D eigenvalue weighted by atomic mass is 32.1. The normalized spacial score (nSPS) is 19.1. The molecule has 1 aliphatic rings. The molecular formula is C13H22N2S. The van der Waals surface area contributed by atoms with E-state index in [1.807, 2.05) is 11.3 Å². The van der Waals surface area contributed by atoms with E-state index in [0.29, 0.717) is 0 Å². The summed E-state index contributed by atoms with van der Waals surface area (Å²) < 4.78 is 0. The van der Waals surface area contributed by atoms with Crippen molar-refractivity contribution in [3.05, 3.63) is 22.4 Å². The number of hydrogen-bond acceptors (Lipinski definition) is 3. The van der Waals surface area contributed by atoms with E-state index in [4.69, 9.17) is 5.73 Å². The zero-order valence-corrected chi connectivity index (χ0v) is 10.7. The third-order valence-electron chi connectivity index (χ3n) is 3.52. The predicted molar refractivity (Wildman–Crippen MR) is 70.9 cm³/mol. The Morgan fingerprint density at radius 2 is 2.19 bits per heavy atom. The number of likely N-dealkylation sites (tertiary alicyclic amines) is 1. The van der Waals surface area contributed by atoms with Crippen LogP contribution in [0.1, 0.15) is 24.1 Å². The van der Waals surface area contributed by atoms with E-state index in [0.717, 1.165) is 12.5 Å². The Hall–Kier alpha value is -0.380. The van der Waals surface area contributed by atoms with Crippen LogP contribution in [0.3, 0.4) is 0 Å². The first-order valence-electron chi connectivity index (χ1n) is 6.33. The molecule has 1 aromatic rings. The standard InChI is InChI=1S/C13H22N2S/c14-11-12-5-8-15(9-6-12)7-1-3-13-4-2-10-16-13/h2,4,10,12H,1,3,5-9,11,14H2.